The van der Waals surface area contributed by atoms with Gasteiger partial charge in [0, 0.05) is 16.4 Å². The lowest BCUT2D eigenvalue weighted by Crippen LogP contribution is -2.35. The Balaban J connectivity index is 2.12. The van der Waals surface area contributed by atoms with Gasteiger partial charge in [-0.3, -0.25) is 0 Å². The third-order valence-corrected chi connectivity index (χ3v) is 4.15. The summed E-state index contributed by atoms with van der Waals surface area (Å²) in [7, 11) is 0. The molecule has 0 saturated heterocycles. The zero-order valence-electron chi connectivity index (χ0n) is 12.2. The highest BCUT2D eigenvalue weighted by Crippen LogP contribution is 2.34. The van der Waals surface area contributed by atoms with E-state index in [1.165, 1.54) is 0 Å². The Bertz CT molecular complexity index is 834. The summed E-state index contributed by atoms with van der Waals surface area (Å²) in [6, 6.07) is 18.7. The molecule has 0 aromatic heterocycles. The first-order valence-corrected chi connectivity index (χ1v) is 7.91. The number of rotatable bonds is 3. The normalized spacial score (nSPS) is 17.0. The molecule has 0 radical (unpaired) electrons. The molecule has 0 bridgehead atoms. The van der Waals surface area contributed by atoms with Gasteiger partial charge in [0.05, 0.1) is 11.6 Å². The van der Waals surface area contributed by atoms with Crippen molar-refractivity contribution in [3.05, 3.63) is 82.5 Å². The maximum atomic E-state index is 11.8. The van der Waals surface area contributed by atoms with Crippen LogP contribution in [0.3, 0.4) is 0 Å². The molecule has 112 valence electrons. The second-order valence-electron chi connectivity index (χ2n) is 5.09. The van der Waals surface area contributed by atoms with Gasteiger partial charge in [-0.05, 0) is 51.3 Å². The van der Waals surface area contributed by atoms with Crippen molar-refractivity contribution in [2.45, 2.75) is 6.04 Å². The third kappa shape index (κ3) is 2.96. The summed E-state index contributed by atoms with van der Waals surface area (Å²) in [6.45, 7) is 0. The quantitative estimate of drug-likeness (QED) is 0.764. The minimum Gasteiger partial charge on any atom is -0.333 e. The molecule has 1 aliphatic heterocycles. The van der Waals surface area contributed by atoms with Crippen LogP contribution < -0.4 is 4.90 Å². The number of aldehydes is 1. The van der Waals surface area contributed by atoms with Crippen LogP contribution in [-0.2, 0) is 4.79 Å². The van der Waals surface area contributed by atoms with Gasteiger partial charge in [0.15, 0.2) is 0 Å². The van der Waals surface area contributed by atoms with E-state index in [-0.39, 0.29) is 0 Å². The molecule has 1 heterocycles. The van der Waals surface area contributed by atoms with Crippen LogP contribution in [0.1, 0.15) is 11.1 Å². The average molecular weight is 365 g/mol. The first kappa shape index (κ1) is 15.3. The molecule has 0 fully saturated rings. The number of nitrogens with zero attached hydrogens (tertiary/aromatic N) is 2. The number of carbonyl (C=O) groups excluding carboxylic acids is 1. The minimum atomic E-state index is -0.479. The van der Waals surface area contributed by atoms with E-state index in [2.05, 4.69) is 22.0 Å². The molecule has 0 spiro atoms. The van der Waals surface area contributed by atoms with E-state index in [1.807, 2.05) is 65.7 Å². The van der Waals surface area contributed by atoms with Gasteiger partial charge in [0.1, 0.15) is 12.3 Å². The van der Waals surface area contributed by atoms with Gasteiger partial charge in [-0.2, -0.15) is 5.26 Å². The lowest BCUT2D eigenvalue weighted by atomic mass is 9.92. The van der Waals surface area contributed by atoms with E-state index >= 15 is 0 Å². The standard InChI is InChI=1S/C19H13BrN2O/c20-15-10-18(17-9-5-4-6-14(17)11-21)19(13-23)22(12-15)16-7-2-1-3-8-16/h1-10,12-13,19H. The molecule has 0 saturated carbocycles. The molecular formula is C19H13BrN2O. The molecule has 4 heteroatoms. The van der Waals surface area contributed by atoms with Gasteiger partial charge < -0.3 is 9.69 Å². The number of allylic oxidation sites excluding steroid dienone is 2. The third-order valence-electron chi connectivity index (χ3n) is 3.72. The summed E-state index contributed by atoms with van der Waals surface area (Å²) in [5.41, 5.74) is 3.05. The molecule has 0 aliphatic carbocycles. The largest absolute Gasteiger partial charge is 0.333 e. The zero-order valence-corrected chi connectivity index (χ0v) is 13.8. The van der Waals surface area contributed by atoms with E-state index in [1.54, 1.807) is 6.07 Å². The second kappa shape index (κ2) is 6.64. The van der Waals surface area contributed by atoms with Gasteiger partial charge in [-0.15, -0.1) is 0 Å². The van der Waals surface area contributed by atoms with Crippen LogP contribution in [0.5, 0.6) is 0 Å². The lowest BCUT2D eigenvalue weighted by Gasteiger charge is -2.32. The summed E-state index contributed by atoms with van der Waals surface area (Å²) in [5.74, 6) is 0. The predicted octanol–water partition coefficient (Wildman–Crippen LogP) is 4.27. The monoisotopic (exact) mass is 364 g/mol. The van der Waals surface area contributed by atoms with Crippen LogP contribution in [-0.4, -0.2) is 12.3 Å². The fourth-order valence-corrected chi connectivity index (χ4v) is 3.14. The summed E-state index contributed by atoms with van der Waals surface area (Å²) < 4.78 is 0.849. The molecule has 2 aromatic carbocycles. The number of halogens is 1. The number of benzene rings is 2. The number of hydrogen-bond acceptors (Lipinski definition) is 3. The number of para-hydroxylation sites is 1. The maximum absolute atomic E-state index is 11.8. The molecule has 0 amide bonds. The first-order valence-electron chi connectivity index (χ1n) is 7.11. The molecule has 3 nitrogen and oxygen atoms in total. The second-order valence-corrected chi connectivity index (χ2v) is 6.01. The average Bonchev–Trinajstić information content (AvgIpc) is 2.61. The number of nitriles is 1. The molecule has 0 N–H and O–H groups in total. The SMILES string of the molecule is N#Cc1ccccc1C1=CC(Br)=CN(c2ccccc2)C1C=O. The van der Waals surface area contributed by atoms with Gasteiger partial charge >= 0.3 is 0 Å². The molecule has 1 unspecified atom stereocenters. The Morgan fingerprint density at radius 3 is 2.48 bits per heavy atom. The Kier molecular flexibility index (Phi) is 4.40. The Hall–Kier alpha value is -2.64. The number of carbonyl (C=O) groups is 1. The highest BCUT2D eigenvalue weighted by atomic mass is 79.9. The summed E-state index contributed by atoms with van der Waals surface area (Å²) in [4.78, 5) is 13.7. The van der Waals surface area contributed by atoms with Crippen molar-refractivity contribution >= 4 is 33.5 Å². The van der Waals surface area contributed by atoms with Gasteiger partial charge in [0.2, 0.25) is 0 Å². The van der Waals surface area contributed by atoms with Crippen molar-refractivity contribution in [3.63, 3.8) is 0 Å². The van der Waals surface area contributed by atoms with Crippen molar-refractivity contribution in [2.75, 3.05) is 4.90 Å². The first-order chi connectivity index (χ1) is 11.2. The zero-order chi connectivity index (χ0) is 16.2. The Morgan fingerprint density at radius 1 is 1.09 bits per heavy atom. The summed E-state index contributed by atoms with van der Waals surface area (Å²) in [6.07, 6.45) is 4.69. The van der Waals surface area contributed by atoms with Gasteiger partial charge in [0.25, 0.3) is 0 Å². The number of hydrogen-bond donors (Lipinski definition) is 0. The molecule has 3 rings (SSSR count). The Morgan fingerprint density at radius 2 is 1.78 bits per heavy atom. The highest BCUT2D eigenvalue weighted by molar-refractivity contribution is 9.11. The van der Waals surface area contributed by atoms with Crippen molar-refractivity contribution in [1.82, 2.24) is 0 Å². The molecule has 1 atom stereocenters. The van der Waals surface area contributed by atoms with Crippen molar-refractivity contribution in [3.8, 4) is 6.07 Å². The molecular weight excluding hydrogens is 352 g/mol. The van der Waals surface area contributed by atoms with Crippen molar-refractivity contribution in [1.29, 1.82) is 5.26 Å². The minimum absolute atomic E-state index is 0.479. The van der Waals surface area contributed by atoms with E-state index in [0.29, 0.717) is 5.56 Å². The molecule has 2 aromatic rings. The number of anilines is 1. The summed E-state index contributed by atoms with van der Waals surface area (Å²) in [5, 5.41) is 9.35. The topological polar surface area (TPSA) is 44.1 Å². The highest BCUT2D eigenvalue weighted by Gasteiger charge is 2.27. The van der Waals surface area contributed by atoms with Crippen LogP contribution in [0.4, 0.5) is 5.69 Å². The van der Waals surface area contributed by atoms with Crippen molar-refractivity contribution in [2.24, 2.45) is 0 Å². The fraction of sp³-hybridized carbons (Fsp3) is 0.0526. The van der Waals surface area contributed by atoms with E-state index in [9.17, 15) is 10.1 Å². The maximum Gasteiger partial charge on any atom is 0.147 e. The fourth-order valence-electron chi connectivity index (χ4n) is 2.68. The van der Waals surface area contributed by atoms with Gasteiger partial charge in [-0.1, -0.05) is 36.4 Å². The van der Waals surface area contributed by atoms with Gasteiger partial charge in [-0.25, -0.2) is 0 Å². The summed E-state index contributed by atoms with van der Waals surface area (Å²) >= 11 is 3.51. The lowest BCUT2D eigenvalue weighted by molar-refractivity contribution is -0.107. The van der Waals surface area contributed by atoms with E-state index in [4.69, 9.17) is 0 Å². The molecule has 1 aliphatic rings. The molecule has 23 heavy (non-hydrogen) atoms. The van der Waals surface area contributed by atoms with E-state index in [0.717, 1.165) is 27.6 Å². The smallest absolute Gasteiger partial charge is 0.147 e. The van der Waals surface area contributed by atoms with Crippen LogP contribution in [0, 0.1) is 11.3 Å². The van der Waals surface area contributed by atoms with Crippen LogP contribution in [0.2, 0.25) is 0 Å². The van der Waals surface area contributed by atoms with Crippen LogP contribution in [0.15, 0.2) is 71.4 Å². The predicted molar refractivity (Wildman–Crippen MR) is 94.9 cm³/mol. The van der Waals surface area contributed by atoms with Crippen molar-refractivity contribution < 1.29 is 4.79 Å². The Labute approximate surface area is 143 Å². The van der Waals surface area contributed by atoms with E-state index < -0.39 is 6.04 Å². The van der Waals surface area contributed by atoms with Crippen LogP contribution >= 0.6 is 15.9 Å². The van der Waals surface area contributed by atoms with Crippen LogP contribution in [0.25, 0.3) is 5.57 Å².